The van der Waals surface area contributed by atoms with Crippen LogP contribution in [-0.2, 0) is 14.8 Å². The van der Waals surface area contributed by atoms with Crippen LogP contribution in [0.1, 0.15) is 17.9 Å². The van der Waals surface area contributed by atoms with Crippen molar-refractivity contribution in [3.63, 3.8) is 0 Å². The van der Waals surface area contributed by atoms with Crippen molar-refractivity contribution in [3.8, 4) is 5.75 Å². The van der Waals surface area contributed by atoms with Gasteiger partial charge in [-0.05, 0) is 43.6 Å². The zero-order valence-electron chi connectivity index (χ0n) is 20.5. The molecule has 0 aliphatic carbocycles. The number of nitrogens with zero attached hydrogens (tertiary/aromatic N) is 3. The first-order chi connectivity index (χ1) is 18.7. The molecule has 0 unspecified atom stereocenters. The van der Waals surface area contributed by atoms with Crippen LogP contribution in [0.25, 0.3) is 0 Å². The molecule has 3 aromatic rings. The second kappa shape index (κ2) is 13.1. The van der Waals surface area contributed by atoms with Crippen LogP contribution < -0.4 is 9.46 Å². The molecule has 218 valence electrons. The predicted molar refractivity (Wildman–Crippen MR) is 136 cm³/mol. The molecule has 17 heteroatoms. The van der Waals surface area contributed by atoms with Crippen molar-refractivity contribution in [2.24, 2.45) is 5.92 Å². The number of aromatic nitrogens is 2. The van der Waals surface area contributed by atoms with Crippen molar-refractivity contribution in [2.75, 3.05) is 31.5 Å². The molecule has 0 radical (unpaired) electrons. The molecule has 2 aromatic carbocycles. The normalized spacial score (nSPS) is 18.0. The first-order valence-electron chi connectivity index (χ1n) is 11.3. The van der Waals surface area contributed by atoms with Crippen LogP contribution >= 0.6 is 23.1 Å². The average Bonchev–Trinajstić information content (AvgIpc) is 3.37. The van der Waals surface area contributed by atoms with E-state index in [4.69, 9.17) is 26.2 Å². The van der Waals surface area contributed by atoms with Crippen LogP contribution in [0.15, 0.2) is 47.6 Å². The summed E-state index contributed by atoms with van der Waals surface area (Å²) < 4.78 is 97.3. The number of benzene rings is 2. The molecule has 1 saturated heterocycles. The molecule has 2 N–H and O–H groups in total. The largest absolute Gasteiger partial charge is 0.490 e. The maximum absolute atomic E-state index is 14.7. The molecule has 0 saturated carbocycles. The Morgan fingerprint density at radius 1 is 1.23 bits per heavy atom. The number of ether oxygens (including phenoxy) is 1. The number of alkyl halides is 3. The fourth-order valence-corrected chi connectivity index (χ4v) is 5.80. The number of hydrogen-bond acceptors (Lipinski definition) is 8. The molecule has 0 spiro atoms. The van der Waals surface area contributed by atoms with Gasteiger partial charge in [-0.1, -0.05) is 23.7 Å². The van der Waals surface area contributed by atoms with E-state index in [0.717, 1.165) is 49.0 Å². The standard InChI is InChI=1S/C21H21ClF2N4O3S2.C2HF3O2/c1-28-7-6-16(13-2-4-15(22)5-3-13)14(10-28)11-31-19-8-18(24)20(9-17(19)23)33(29,30)27-21-25-12-26-32-21;3-2(4,5)1(6)7/h2-5,8-9,12,14,16H,6-7,10-11H2,1H3,(H,25,26,27);(H,6,7)/t14-,16-;/m0./s1. The van der Waals surface area contributed by atoms with Crippen LogP contribution in [0, 0.1) is 17.6 Å². The molecule has 1 fully saturated rings. The van der Waals surface area contributed by atoms with E-state index in [-0.39, 0.29) is 29.3 Å². The Hall–Kier alpha value is -3.08. The number of likely N-dealkylation sites (tertiary alicyclic amines) is 1. The summed E-state index contributed by atoms with van der Waals surface area (Å²) in [7, 11) is -2.38. The minimum Gasteiger partial charge on any atom is -0.490 e. The van der Waals surface area contributed by atoms with Gasteiger partial charge in [0.05, 0.1) is 6.61 Å². The lowest BCUT2D eigenvalue weighted by Gasteiger charge is -2.37. The van der Waals surface area contributed by atoms with Gasteiger partial charge in [0.15, 0.2) is 11.6 Å². The Kier molecular flexibility index (Phi) is 10.3. The fraction of sp³-hybridized carbons (Fsp3) is 0.348. The third-order valence-electron chi connectivity index (χ3n) is 5.79. The summed E-state index contributed by atoms with van der Waals surface area (Å²) in [6.45, 7) is 1.76. The molecule has 0 amide bonds. The zero-order chi connectivity index (χ0) is 29.7. The number of sulfonamides is 1. The van der Waals surface area contributed by atoms with Crippen LogP contribution in [0.3, 0.4) is 0 Å². The van der Waals surface area contributed by atoms with E-state index in [2.05, 4.69) is 19.0 Å². The van der Waals surface area contributed by atoms with E-state index in [0.29, 0.717) is 11.1 Å². The molecule has 1 aliphatic heterocycles. The topological polar surface area (TPSA) is 122 Å². The summed E-state index contributed by atoms with van der Waals surface area (Å²) in [6.07, 6.45) is -3.05. The van der Waals surface area contributed by atoms with E-state index in [1.807, 2.05) is 31.3 Å². The lowest BCUT2D eigenvalue weighted by molar-refractivity contribution is -0.192. The first-order valence-corrected chi connectivity index (χ1v) is 14.0. The van der Waals surface area contributed by atoms with Crippen molar-refractivity contribution in [1.82, 2.24) is 14.3 Å². The molecule has 9 nitrogen and oxygen atoms in total. The molecule has 2 heterocycles. The van der Waals surface area contributed by atoms with Crippen molar-refractivity contribution < 1.29 is 45.0 Å². The van der Waals surface area contributed by atoms with E-state index >= 15 is 0 Å². The van der Waals surface area contributed by atoms with E-state index in [1.165, 1.54) is 0 Å². The van der Waals surface area contributed by atoms with Crippen LogP contribution in [-0.4, -0.2) is 66.7 Å². The summed E-state index contributed by atoms with van der Waals surface area (Å²) >= 11 is 6.78. The number of carboxylic acids is 1. The zero-order valence-corrected chi connectivity index (χ0v) is 22.9. The minimum absolute atomic E-state index is 0.0230. The van der Waals surface area contributed by atoms with Gasteiger partial charge in [-0.25, -0.2) is 27.0 Å². The van der Waals surface area contributed by atoms with Crippen LogP contribution in [0.5, 0.6) is 5.75 Å². The number of hydrogen-bond donors (Lipinski definition) is 2. The highest BCUT2D eigenvalue weighted by atomic mass is 35.5. The predicted octanol–water partition coefficient (Wildman–Crippen LogP) is 5.02. The minimum atomic E-state index is -5.08. The Morgan fingerprint density at radius 2 is 1.88 bits per heavy atom. The summed E-state index contributed by atoms with van der Waals surface area (Å²) in [4.78, 5) is 13.9. The smallest absolute Gasteiger partial charge is 0.490 e. The van der Waals surface area contributed by atoms with Crippen LogP contribution in [0.2, 0.25) is 5.02 Å². The molecular weight excluding hydrogens is 607 g/mol. The van der Waals surface area contributed by atoms with Gasteiger partial charge < -0.3 is 14.7 Å². The maximum atomic E-state index is 14.7. The number of rotatable bonds is 7. The van der Waals surface area contributed by atoms with E-state index in [9.17, 15) is 30.4 Å². The molecule has 0 bridgehead atoms. The second-order valence-corrected chi connectivity index (χ2v) is 11.5. The van der Waals surface area contributed by atoms with E-state index < -0.39 is 38.7 Å². The number of carboxylic acid groups (broad SMARTS) is 1. The number of halogens is 6. The van der Waals surface area contributed by atoms with Crippen molar-refractivity contribution >= 4 is 44.3 Å². The van der Waals surface area contributed by atoms with Gasteiger partial charge in [-0.15, -0.1) is 0 Å². The first kappa shape index (κ1) is 31.4. The monoisotopic (exact) mass is 628 g/mol. The fourth-order valence-electron chi connectivity index (χ4n) is 3.94. The molecule has 1 aliphatic rings. The Morgan fingerprint density at radius 3 is 2.45 bits per heavy atom. The van der Waals surface area contributed by atoms with Gasteiger partial charge >= 0.3 is 12.1 Å². The number of carbonyl (C=O) groups is 1. The van der Waals surface area contributed by atoms with Gasteiger partial charge in [0, 0.05) is 41.2 Å². The molecule has 2 atom stereocenters. The number of piperidine rings is 1. The maximum Gasteiger partial charge on any atom is 0.490 e. The lowest BCUT2D eigenvalue weighted by Crippen LogP contribution is -2.39. The van der Waals surface area contributed by atoms with Gasteiger partial charge in [-0.3, -0.25) is 4.72 Å². The molecule has 1 aromatic heterocycles. The highest BCUT2D eigenvalue weighted by Crippen LogP contribution is 2.34. The van der Waals surface area contributed by atoms with Gasteiger partial charge in [0.1, 0.15) is 17.0 Å². The summed E-state index contributed by atoms with van der Waals surface area (Å²) in [5.74, 6) is -5.00. The summed E-state index contributed by atoms with van der Waals surface area (Å²) in [5, 5.41) is 7.72. The SMILES string of the molecule is CN1CC[C@@H](c2ccc(Cl)cc2)[C@H](COc2cc(F)c(S(=O)(=O)Nc3ncns3)cc2F)C1.O=C(O)C(F)(F)F. The van der Waals surface area contributed by atoms with Crippen molar-refractivity contribution in [3.05, 3.63) is 64.9 Å². The molecular formula is C23H22ClF5N4O5S2. The average molecular weight is 629 g/mol. The second-order valence-electron chi connectivity index (χ2n) is 8.65. The third-order valence-corrected chi connectivity index (χ3v) is 8.10. The van der Waals surface area contributed by atoms with Crippen LogP contribution in [0.4, 0.5) is 27.1 Å². The van der Waals surface area contributed by atoms with Gasteiger partial charge in [-0.2, -0.15) is 17.5 Å². The summed E-state index contributed by atoms with van der Waals surface area (Å²) in [6, 6.07) is 8.96. The Bertz CT molecular complexity index is 1410. The van der Waals surface area contributed by atoms with E-state index in [1.54, 1.807) is 0 Å². The highest BCUT2D eigenvalue weighted by Gasteiger charge is 2.38. The van der Waals surface area contributed by atoms with Gasteiger partial charge in [0.25, 0.3) is 10.0 Å². The highest BCUT2D eigenvalue weighted by molar-refractivity contribution is 7.93. The Balaban J connectivity index is 0.000000559. The lowest BCUT2D eigenvalue weighted by atomic mass is 9.81. The third kappa shape index (κ3) is 8.46. The number of nitrogens with one attached hydrogen (secondary N) is 1. The van der Waals surface area contributed by atoms with Crippen molar-refractivity contribution in [2.45, 2.75) is 23.4 Å². The Labute approximate surface area is 234 Å². The summed E-state index contributed by atoms with van der Waals surface area (Å²) in [5.41, 5.74) is 1.11. The number of anilines is 1. The van der Waals surface area contributed by atoms with Crippen molar-refractivity contribution in [1.29, 1.82) is 0 Å². The quantitative estimate of drug-likeness (QED) is 0.350. The molecule has 4 rings (SSSR count). The van der Waals surface area contributed by atoms with Gasteiger partial charge in [0.2, 0.25) is 5.13 Å². The molecule has 40 heavy (non-hydrogen) atoms. The number of aliphatic carboxylic acids is 1.